The van der Waals surface area contributed by atoms with Crippen LogP contribution in [-0.2, 0) is 4.79 Å². The standard InChI is InChI=1S/C11H19NO/c1-3-9(2)7-10(13)11(8-12)5-4-6-11/h2-8,12H2,1H3. The van der Waals surface area contributed by atoms with Crippen LogP contribution < -0.4 is 5.73 Å². The van der Waals surface area contributed by atoms with Gasteiger partial charge in [0.25, 0.3) is 0 Å². The van der Waals surface area contributed by atoms with Gasteiger partial charge in [0.2, 0.25) is 0 Å². The van der Waals surface area contributed by atoms with E-state index < -0.39 is 0 Å². The van der Waals surface area contributed by atoms with Crippen LogP contribution in [0.1, 0.15) is 39.0 Å². The Hall–Kier alpha value is -0.630. The minimum absolute atomic E-state index is 0.169. The zero-order valence-corrected chi connectivity index (χ0v) is 8.44. The van der Waals surface area contributed by atoms with Crippen LogP contribution in [0.25, 0.3) is 0 Å². The lowest BCUT2D eigenvalue weighted by molar-refractivity contribution is -0.132. The maximum Gasteiger partial charge on any atom is 0.144 e. The van der Waals surface area contributed by atoms with Crippen molar-refractivity contribution in [2.45, 2.75) is 39.0 Å². The predicted molar refractivity (Wildman–Crippen MR) is 54.4 cm³/mol. The van der Waals surface area contributed by atoms with E-state index in [9.17, 15) is 4.79 Å². The van der Waals surface area contributed by atoms with Crippen molar-refractivity contribution in [3.05, 3.63) is 12.2 Å². The van der Waals surface area contributed by atoms with E-state index in [2.05, 4.69) is 6.58 Å². The summed E-state index contributed by atoms with van der Waals surface area (Å²) in [5.74, 6) is 0.313. The van der Waals surface area contributed by atoms with E-state index in [0.29, 0.717) is 18.7 Å². The van der Waals surface area contributed by atoms with Gasteiger partial charge >= 0.3 is 0 Å². The SMILES string of the molecule is C=C(CC)CC(=O)C1(CN)CCC1. The Balaban J connectivity index is 2.50. The fourth-order valence-corrected chi connectivity index (χ4v) is 1.74. The molecule has 0 spiro atoms. The number of allylic oxidation sites excluding steroid dienone is 1. The second kappa shape index (κ2) is 4.05. The molecule has 0 bridgehead atoms. The summed E-state index contributed by atoms with van der Waals surface area (Å²) in [7, 11) is 0. The summed E-state index contributed by atoms with van der Waals surface area (Å²) in [5.41, 5.74) is 6.50. The number of hydrogen-bond acceptors (Lipinski definition) is 2. The lowest BCUT2D eigenvalue weighted by Crippen LogP contribution is -2.44. The molecule has 0 aromatic carbocycles. The molecule has 0 aromatic heterocycles. The van der Waals surface area contributed by atoms with Gasteiger partial charge < -0.3 is 5.73 Å². The van der Waals surface area contributed by atoms with E-state index in [1.165, 1.54) is 0 Å². The Kier molecular flexibility index (Phi) is 3.26. The van der Waals surface area contributed by atoms with E-state index in [-0.39, 0.29) is 5.41 Å². The third-order valence-electron chi connectivity index (χ3n) is 3.20. The van der Waals surface area contributed by atoms with Crippen molar-refractivity contribution in [2.75, 3.05) is 6.54 Å². The fraction of sp³-hybridized carbons (Fsp3) is 0.727. The third-order valence-corrected chi connectivity index (χ3v) is 3.20. The van der Waals surface area contributed by atoms with Crippen LogP contribution in [0.15, 0.2) is 12.2 Å². The minimum Gasteiger partial charge on any atom is -0.329 e. The highest BCUT2D eigenvalue weighted by atomic mass is 16.1. The summed E-state index contributed by atoms with van der Waals surface area (Å²) >= 11 is 0. The maximum atomic E-state index is 11.8. The quantitative estimate of drug-likeness (QED) is 0.659. The average molecular weight is 181 g/mol. The van der Waals surface area contributed by atoms with Gasteiger partial charge in [0.15, 0.2) is 0 Å². The molecule has 2 nitrogen and oxygen atoms in total. The number of Topliss-reactive ketones (excluding diaryl/α,β-unsaturated/α-hetero) is 1. The Morgan fingerprint density at radius 3 is 2.46 bits per heavy atom. The summed E-state index contributed by atoms with van der Waals surface area (Å²) in [6, 6.07) is 0. The van der Waals surface area contributed by atoms with Crippen molar-refractivity contribution in [1.29, 1.82) is 0 Å². The van der Waals surface area contributed by atoms with Crippen molar-refractivity contribution in [2.24, 2.45) is 11.1 Å². The second-order valence-corrected chi connectivity index (χ2v) is 4.04. The van der Waals surface area contributed by atoms with Crippen LogP contribution >= 0.6 is 0 Å². The smallest absolute Gasteiger partial charge is 0.144 e. The Labute approximate surface area is 80.2 Å². The van der Waals surface area contributed by atoms with Gasteiger partial charge in [-0.1, -0.05) is 25.5 Å². The van der Waals surface area contributed by atoms with E-state index in [4.69, 9.17) is 5.73 Å². The lowest BCUT2D eigenvalue weighted by atomic mass is 9.65. The lowest BCUT2D eigenvalue weighted by Gasteiger charge is -2.39. The number of ketones is 1. The summed E-state index contributed by atoms with van der Waals surface area (Å²) in [6.45, 7) is 6.41. The molecule has 0 unspecified atom stereocenters. The molecule has 0 aliphatic heterocycles. The Morgan fingerprint density at radius 1 is 1.54 bits per heavy atom. The molecule has 1 saturated carbocycles. The molecule has 0 aromatic rings. The second-order valence-electron chi connectivity index (χ2n) is 4.04. The van der Waals surface area contributed by atoms with E-state index in [1.807, 2.05) is 6.92 Å². The van der Waals surface area contributed by atoms with E-state index in [1.54, 1.807) is 0 Å². The molecule has 1 aliphatic rings. The van der Waals surface area contributed by atoms with Crippen molar-refractivity contribution in [1.82, 2.24) is 0 Å². The first-order valence-corrected chi connectivity index (χ1v) is 5.04. The zero-order valence-electron chi connectivity index (χ0n) is 8.44. The highest BCUT2D eigenvalue weighted by Gasteiger charge is 2.41. The summed E-state index contributed by atoms with van der Waals surface area (Å²) < 4.78 is 0. The topological polar surface area (TPSA) is 43.1 Å². The van der Waals surface area contributed by atoms with Crippen LogP contribution in [0.2, 0.25) is 0 Å². The largest absolute Gasteiger partial charge is 0.329 e. The Bertz CT molecular complexity index is 211. The number of carbonyl (C=O) groups is 1. The Morgan fingerprint density at radius 2 is 2.15 bits per heavy atom. The van der Waals surface area contributed by atoms with Gasteiger partial charge in [0.05, 0.1) is 0 Å². The van der Waals surface area contributed by atoms with Crippen molar-refractivity contribution < 1.29 is 4.79 Å². The van der Waals surface area contributed by atoms with Gasteiger partial charge in [-0.15, -0.1) is 0 Å². The molecule has 1 fully saturated rings. The minimum atomic E-state index is -0.169. The predicted octanol–water partition coefficient (Wildman–Crippen LogP) is 2.04. The molecular formula is C11H19NO. The third kappa shape index (κ3) is 1.99. The van der Waals surface area contributed by atoms with Crippen LogP contribution in [0, 0.1) is 5.41 Å². The van der Waals surface area contributed by atoms with E-state index in [0.717, 1.165) is 31.3 Å². The highest BCUT2D eigenvalue weighted by molar-refractivity contribution is 5.87. The van der Waals surface area contributed by atoms with Gasteiger partial charge in [-0.3, -0.25) is 4.79 Å². The number of hydrogen-bond donors (Lipinski definition) is 1. The van der Waals surface area contributed by atoms with Gasteiger partial charge in [-0.05, 0) is 19.3 Å². The molecule has 0 radical (unpaired) electrons. The summed E-state index contributed by atoms with van der Waals surface area (Å²) in [6.07, 6.45) is 4.56. The molecule has 2 heteroatoms. The fourth-order valence-electron chi connectivity index (χ4n) is 1.74. The highest BCUT2D eigenvalue weighted by Crippen LogP contribution is 2.42. The van der Waals surface area contributed by atoms with Gasteiger partial charge in [0.1, 0.15) is 5.78 Å². The molecule has 0 heterocycles. The van der Waals surface area contributed by atoms with Gasteiger partial charge in [-0.2, -0.15) is 0 Å². The number of rotatable bonds is 5. The first-order chi connectivity index (χ1) is 6.14. The molecular weight excluding hydrogens is 162 g/mol. The molecule has 1 aliphatic carbocycles. The molecule has 74 valence electrons. The van der Waals surface area contributed by atoms with Crippen LogP contribution in [0.5, 0.6) is 0 Å². The normalized spacial score (nSPS) is 19.2. The van der Waals surface area contributed by atoms with Gasteiger partial charge in [0, 0.05) is 18.4 Å². The maximum absolute atomic E-state index is 11.8. The molecule has 13 heavy (non-hydrogen) atoms. The number of carbonyl (C=O) groups excluding carboxylic acids is 1. The van der Waals surface area contributed by atoms with Crippen molar-refractivity contribution in [3.63, 3.8) is 0 Å². The summed E-state index contributed by atoms with van der Waals surface area (Å²) in [5, 5.41) is 0. The average Bonchev–Trinajstić information content (AvgIpc) is 2.03. The van der Waals surface area contributed by atoms with Crippen LogP contribution in [0.4, 0.5) is 0 Å². The van der Waals surface area contributed by atoms with Crippen molar-refractivity contribution >= 4 is 5.78 Å². The van der Waals surface area contributed by atoms with Crippen molar-refractivity contribution in [3.8, 4) is 0 Å². The zero-order chi connectivity index (χ0) is 9.90. The van der Waals surface area contributed by atoms with Gasteiger partial charge in [-0.25, -0.2) is 0 Å². The molecule has 0 amide bonds. The molecule has 1 rings (SSSR count). The molecule has 0 atom stereocenters. The molecule has 0 saturated heterocycles. The van der Waals surface area contributed by atoms with Crippen LogP contribution in [0.3, 0.4) is 0 Å². The number of nitrogens with two attached hydrogens (primary N) is 1. The first-order valence-electron chi connectivity index (χ1n) is 5.04. The molecule has 2 N–H and O–H groups in total. The first kappa shape index (κ1) is 10.5. The van der Waals surface area contributed by atoms with E-state index >= 15 is 0 Å². The van der Waals surface area contributed by atoms with Crippen LogP contribution in [-0.4, -0.2) is 12.3 Å². The summed E-state index contributed by atoms with van der Waals surface area (Å²) in [4.78, 5) is 11.8. The monoisotopic (exact) mass is 181 g/mol.